The summed E-state index contributed by atoms with van der Waals surface area (Å²) < 4.78 is 21.2. The summed E-state index contributed by atoms with van der Waals surface area (Å²) in [6, 6.07) is 10.2. The summed E-state index contributed by atoms with van der Waals surface area (Å²) in [6.45, 7) is 2.48. The number of imidazole rings is 1. The number of halogens is 1. The van der Waals surface area contributed by atoms with Gasteiger partial charge in [0.1, 0.15) is 22.9 Å². The van der Waals surface area contributed by atoms with Gasteiger partial charge in [-0.05, 0) is 37.7 Å². The summed E-state index contributed by atoms with van der Waals surface area (Å²) in [5, 5.41) is 3.10. The van der Waals surface area contributed by atoms with E-state index < -0.39 is 0 Å². The molecular weight excluding hydrogens is 269 g/mol. The Morgan fingerprint density at radius 3 is 2.95 bits per heavy atom. The molecule has 21 heavy (non-hydrogen) atoms. The van der Waals surface area contributed by atoms with Crippen molar-refractivity contribution in [3.8, 4) is 11.6 Å². The number of benzene rings is 1. The van der Waals surface area contributed by atoms with Gasteiger partial charge in [-0.15, -0.1) is 0 Å². The van der Waals surface area contributed by atoms with Gasteiger partial charge < -0.3 is 10.1 Å². The molecule has 3 rings (SSSR count). The van der Waals surface area contributed by atoms with Crippen LogP contribution in [-0.4, -0.2) is 16.4 Å². The number of nitrogens with zero attached hydrogens (tertiary/aromatic N) is 2. The number of ether oxygens (including phenoxy) is 1. The van der Waals surface area contributed by atoms with Crippen LogP contribution in [0.4, 0.5) is 4.39 Å². The molecule has 1 aromatic carbocycles. The lowest BCUT2D eigenvalue weighted by Crippen LogP contribution is -2.08. The molecule has 0 spiro atoms. The lowest BCUT2D eigenvalue weighted by atomic mass is 10.2. The Kier molecular flexibility index (Phi) is 3.58. The molecule has 0 aliphatic carbocycles. The molecular formula is C16H16FN3O. The summed E-state index contributed by atoms with van der Waals surface area (Å²) >= 11 is 0. The molecule has 0 unspecified atom stereocenters. The van der Waals surface area contributed by atoms with E-state index in [2.05, 4.69) is 10.3 Å². The smallest absolute Gasteiger partial charge is 0.242 e. The highest BCUT2D eigenvalue weighted by molar-refractivity contribution is 5.47. The summed E-state index contributed by atoms with van der Waals surface area (Å²) in [4.78, 5) is 4.48. The average Bonchev–Trinajstić information content (AvgIpc) is 2.81. The first kappa shape index (κ1) is 13.6. The first-order valence-electron chi connectivity index (χ1n) is 6.73. The predicted molar refractivity (Wildman–Crippen MR) is 79.2 cm³/mol. The summed E-state index contributed by atoms with van der Waals surface area (Å²) in [7, 11) is 1.86. The Morgan fingerprint density at radius 1 is 1.29 bits per heavy atom. The number of nitrogens with one attached hydrogen (secondary N) is 1. The van der Waals surface area contributed by atoms with Crippen molar-refractivity contribution in [1.29, 1.82) is 0 Å². The SMILES string of the molecule is CNCc1c(Oc2cc(F)ccc2C)nc2ccccn12. The second-order valence-electron chi connectivity index (χ2n) is 4.83. The van der Waals surface area contributed by atoms with Gasteiger partial charge in [-0.1, -0.05) is 12.1 Å². The van der Waals surface area contributed by atoms with Crippen LogP contribution in [0, 0.1) is 12.7 Å². The zero-order chi connectivity index (χ0) is 14.8. The number of aromatic nitrogens is 2. The zero-order valence-corrected chi connectivity index (χ0v) is 11.9. The fourth-order valence-corrected chi connectivity index (χ4v) is 2.22. The van der Waals surface area contributed by atoms with Crippen LogP contribution in [0.3, 0.4) is 0 Å². The van der Waals surface area contributed by atoms with Gasteiger partial charge in [0.15, 0.2) is 0 Å². The van der Waals surface area contributed by atoms with E-state index in [9.17, 15) is 4.39 Å². The van der Waals surface area contributed by atoms with E-state index in [0.29, 0.717) is 18.2 Å². The van der Waals surface area contributed by atoms with Crippen molar-refractivity contribution in [2.75, 3.05) is 7.05 Å². The fourth-order valence-electron chi connectivity index (χ4n) is 2.22. The standard InChI is InChI=1S/C16H16FN3O/c1-11-6-7-12(17)9-14(11)21-16-13(10-18-2)20-8-4-3-5-15(20)19-16/h3-9,18H,10H2,1-2H3. The normalized spacial score (nSPS) is 11.0. The molecule has 0 aliphatic heterocycles. The Hall–Kier alpha value is -2.40. The minimum atomic E-state index is -0.325. The first-order valence-corrected chi connectivity index (χ1v) is 6.73. The lowest BCUT2D eigenvalue weighted by Gasteiger charge is -2.08. The summed E-state index contributed by atoms with van der Waals surface area (Å²) in [5.74, 6) is 0.648. The van der Waals surface area contributed by atoms with E-state index in [4.69, 9.17) is 4.74 Å². The molecule has 0 atom stereocenters. The third-order valence-electron chi connectivity index (χ3n) is 3.29. The van der Waals surface area contributed by atoms with Gasteiger partial charge in [-0.3, -0.25) is 4.40 Å². The molecule has 0 fully saturated rings. The van der Waals surface area contributed by atoms with Crippen LogP contribution in [0.2, 0.25) is 0 Å². The number of pyridine rings is 1. The first-order chi connectivity index (χ1) is 10.2. The molecule has 2 heterocycles. The predicted octanol–water partition coefficient (Wildman–Crippen LogP) is 3.29. The maximum Gasteiger partial charge on any atom is 0.242 e. The van der Waals surface area contributed by atoms with Crippen LogP contribution in [-0.2, 0) is 6.54 Å². The molecule has 3 aromatic rings. The maximum absolute atomic E-state index is 13.4. The quantitative estimate of drug-likeness (QED) is 0.799. The second kappa shape index (κ2) is 5.54. The Morgan fingerprint density at radius 2 is 2.14 bits per heavy atom. The van der Waals surface area contributed by atoms with Crippen LogP contribution in [0.15, 0.2) is 42.6 Å². The van der Waals surface area contributed by atoms with Gasteiger partial charge in [-0.25, -0.2) is 4.39 Å². The highest BCUT2D eigenvalue weighted by Crippen LogP contribution is 2.28. The lowest BCUT2D eigenvalue weighted by molar-refractivity contribution is 0.449. The topological polar surface area (TPSA) is 38.6 Å². The van der Waals surface area contributed by atoms with Gasteiger partial charge in [0, 0.05) is 18.8 Å². The van der Waals surface area contributed by atoms with Gasteiger partial charge in [0.2, 0.25) is 5.88 Å². The van der Waals surface area contributed by atoms with Crippen LogP contribution >= 0.6 is 0 Å². The van der Waals surface area contributed by atoms with Crippen LogP contribution in [0.1, 0.15) is 11.3 Å². The van der Waals surface area contributed by atoms with Gasteiger partial charge >= 0.3 is 0 Å². The van der Waals surface area contributed by atoms with Crippen LogP contribution in [0.25, 0.3) is 5.65 Å². The molecule has 0 bridgehead atoms. The van der Waals surface area contributed by atoms with Crippen molar-refractivity contribution in [3.63, 3.8) is 0 Å². The van der Waals surface area contributed by atoms with E-state index in [0.717, 1.165) is 16.9 Å². The molecule has 0 saturated heterocycles. The van der Waals surface area contributed by atoms with E-state index in [1.54, 1.807) is 6.07 Å². The van der Waals surface area contributed by atoms with Crippen LogP contribution < -0.4 is 10.1 Å². The van der Waals surface area contributed by atoms with Crippen molar-refractivity contribution in [2.45, 2.75) is 13.5 Å². The molecule has 1 N–H and O–H groups in total. The van der Waals surface area contributed by atoms with Crippen LogP contribution in [0.5, 0.6) is 11.6 Å². The number of hydrogen-bond acceptors (Lipinski definition) is 3. The number of hydrogen-bond donors (Lipinski definition) is 1. The van der Waals surface area contributed by atoms with Gasteiger partial charge in [0.05, 0.1) is 0 Å². The molecule has 0 radical (unpaired) electrons. The van der Waals surface area contributed by atoms with Gasteiger partial charge in [-0.2, -0.15) is 4.98 Å². The molecule has 0 saturated carbocycles. The van der Waals surface area contributed by atoms with Crippen molar-refractivity contribution in [2.24, 2.45) is 0 Å². The molecule has 4 nitrogen and oxygen atoms in total. The average molecular weight is 285 g/mol. The third kappa shape index (κ3) is 2.60. The van der Waals surface area contributed by atoms with Crippen molar-refractivity contribution >= 4 is 5.65 Å². The minimum absolute atomic E-state index is 0.325. The zero-order valence-electron chi connectivity index (χ0n) is 11.9. The summed E-state index contributed by atoms with van der Waals surface area (Å²) in [5.41, 5.74) is 2.56. The Bertz CT molecular complexity index is 782. The number of aryl methyl sites for hydroxylation is 1. The van der Waals surface area contributed by atoms with Crippen molar-refractivity contribution in [1.82, 2.24) is 14.7 Å². The molecule has 108 valence electrons. The van der Waals surface area contributed by atoms with E-state index >= 15 is 0 Å². The van der Waals surface area contributed by atoms with E-state index in [-0.39, 0.29) is 5.82 Å². The molecule has 0 aliphatic rings. The fraction of sp³-hybridized carbons (Fsp3) is 0.188. The highest BCUT2D eigenvalue weighted by atomic mass is 19.1. The number of fused-ring (bicyclic) bond motifs is 1. The van der Waals surface area contributed by atoms with Gasteiger partial charge in [0.25, 0.3) is 0 Å². The summed E-state index contributed by atoms with van der Waals surface area (Å²) in [6.07, 6.45) is 1.93. The Labute approximate surface area is 122 Å². The van der Waals surface area contributed by atoms with E-state index in [1.165, 1.54) is 12.1 Å². The number of rotatable bonds is 4. The highest BCUT2D eigenvalue weighted by Gasteiger charge is 2.14. The van der Waals surface area contributed by atoms with Crippen molar-refractivity contribution < 1.29 is 9.13 Å². The largest absolute Gasteiger partial charge is 0.437 e. The monoisotopic (exact) mass is 285 g/mol. The molecule has 0 amide bonds. The minimum Gasteiger partial charge on any atom is -0.437 e. The third-order valence-corrected chi connectivity index (χ3v) is 3.29. The second-order valence-corrected chi connectivity index (χ2v) is 4.83. The Balaban J connectivity index is 2.07. The van der Waals surface area contributed by atoms with E-state index in [1.807, 2.05) is 42.8 Å². The van der Waals surface area contributed by atoms with Crippen molar-refractivity contribution in [3.05, 3.63) is 59.7 Å². The molecule has 2 aromatic heterocycles. The molecule has 5 heteroatoms. The maximum atomic E-state index is 13.4.